The molecular weight excluding hydrogens is 394 g/mol. The standard InChI is InChI=1S/C21H22ClN3O4/c1-12(21(27)28)25-11-15-3-2-14(9-16(15)20(25)26)19-17(22)10-23-18(24-19)8-13-4-6-29-7-5-13/h2-3,9-10,12-13H,4-8,11H2,1H3,(H,27,28)/t12-/m0/s1. The molecule has 1 aromatic heterocycles. The zero-order valence-electron chi connectivity index (χ0n) is 16.1. The zero-order valence-corrected chi connectivity index (χ0v) is 16.9. The van der Waals surface area contributed by atoms with E-state index in [-0.39, 0.29) is 12.5 Å². The number of benzene rings is 1. The topological polar surface area (TPSA) is 92.6 Å². The van der Waals surface area contributed by atoms with E-state index >= 15 is 0 Å². The van der Waals surface area contributed by atoms with Crippen molar-refractivity contribution in [3.63, 3.8) is 0 Å². The summed E-state index contributed by atoms with van der Waals surface area (Å²) in [5.74, 6) is -0.0953. The molecule has 2 aromatic rings. The number of nitrogens with zero attached hydrogens (tertiary/aromatic N) is 3. The van der Waals surface area contributed by atoms with E-state index in [0.29, 0.717) is 22.2 Å². The van der Waals surface area contributed by atoms with Crippen molar-refractivity contribution in [3.05, 3.63) is 46.4 Å². The van der Waals surface area contributed by atoms with Crippen LogP contribution in [0.1, 0.15) is 41.5 Å². The molecule has 29 heavy (non-hydrogen) atoms. The molecule has 4 rings (SSSR count). The highest BCUT2D eigenvalue weighted by atomic mass is 35.5. The molecule has 0 aliphatic carbocycles. The monoisotopic (exact) mass is 415 g/mol. The quantitative estimate of drug-likeness (QED) is 0.806. The maximum Gasteiger partial charge on any atom is 0.326 e. The van der Waals surface area contributed by atoms with Gasteiger partial charge in [0, 0.05) is 43.5 Å². The van der Waals surface area contributed by atoms with Gasteiger partial charge in [0.25, 0.3) is 5.91 Å². The van der Waals surface area contributed by atoms with Crippen LogP contribution in [0.4, 0.5) is 0 Å². The third-order valence-electron chi connectivity index (χ3n) is 5.65. The lowest BCUT2D eigenvalue weighted by Crippen LogP contribution is -2.38. The number of rotatable bonds is 5. The maximum atomic E-state index is 12.7. The second kappa shape index (κ2) is 8.08. The van der Waals surface area contributed by atoms with Gasteiger partial charge >= 0.3 is 5.97 Å². The normalized spacial score (nSPS) is 18.0. The average Bonchev–Trinajstić information content (AvgIpc) is 3.05. The number of aliphatic carboxylic acids is 1. The smallest absolute Gasteiger partial charge is 0.326 e. The third kappa shape index (κ3) is 3.97. The molecule has 152 valence electrons. The summed E-state index contributed by atoms with van der Waals surface area (Å²) in [6.45, 7) is 3.33. The molecule has 1 N–H and O–H groups in total. The van der Waals surface area contributed by atoms with Crippen LogP contribution in [0, 0.1) is 5.92 Å². The molecule has 1 aromatic carbocycles. The van der Waals surface area contributed by atoms with Crippen LogP contribution in [-0.4, -0.2) is 51.1 Å². The van der Waals surface area contributed by atoms with Crippen molar-refractivity contribution in [1.29, 1.82) is 0 Å². The van der Waals surface area contributed by atoms with Crippen LogP contribution in [0.5, 0.6) is 0 Å². The molecule has 1 atom stereocenters. The number of carboxylic acids is 1. The van der Waals surface area contributed by atoms with E-state index in [1.165, 1.54) is 11.8 Å². The van der Waals surface area contributed by atoms with Gasteiger partial charge in [0.05, 0.1) is 10.7 Å². The Morgan fingerprint density at radius 1 is 1.38 bits per heavy atom. The summed E-state index contributed by atoms with van der Waals surface area (Å²) in [7, 11) is 0. The molecule has 0 bridgehead atoms. The molecule has 0 radical (unpaired) electrons. The van der Waals surface area contributed by atoms with Gasteiger partial charge in [0.1, 0.15) is 11.9 Å². The first-order chi connectivity index (χ1) is 13.9. The van der Waals surface area contributed by atoms with Crippen LogP contribution in [-0.2, 0) is 22.5 Å². The molecule has 2 aliphatic rings. The van der Waals surface area contributed by atoms with Gasteiger partial charge in [0.15, 0.2) is 0 Å². The lowest BCUT2D eigenvalue weighted by atomic mass is 9.96. The second-order valence-electron chi connectivity index (χ2n) is 7.56. The molecule has 8 heteroatoms. The maximum absolute atomic E-state index is 12.7. The first-order valence-electron chi connectivity index (χ1n) is 9.70. The molecule has 1 fully saturated rings. The Kier molecular flexibility index (Phi) is 5.52. The van der Waals surface area contributed by atoms with Crippen molar-refractivity contribution < 1.29 is 19.4 Å². The summed E-state index contributed by atoms with van der Waals surface area (Å²) in [4.78, 5) is 34.4. The first kappa shape index (κ1) is 19.8. The minimum Gasteiger partial charge on any atom is -0.480 e. The summed E-state index contributed by atoms with van der Waals surface area (Å²) in [5.41, 5.74) is 2.61. The molecule has 0 saturated carbocycles. The number of carboxylic acid groups (broad SMARTS) is 1. The van der Waals surface area contributed by atoms with E-state index in [1.54, 1.807) is 12.3 Å². The third-order valence-corrected chi connectivity index (χ3v) is 5.92. The number of hydrogen-bond donors (Lipinski definition) is 1. The van der Waals surface area contributed by atoms with Crippen LogP contribution in [0.2, 0.25) is 5.02 Å². The SMILES string of the molecule is C[C@@H](C(=O)O)N1Cc2ccc(-c3nc(CC4CCOCC4)ncc3Cl)cc2C1=O. The highest BCUT2D eigenvalue weighted by Crippen LogP contribution is 2.32. The number of aromatic nitrogens is 2. The zero-order chi connectivity index (χ0) is 20.5. The number of carbonyl (C=O) groups is 2. The van der Waals surface area contributed by atoms with Gasteiger partial charge in [-0.25, -0.2) is 14.8 Å². The van der Waals surface area contributed by atoms with Crippen molar-refractivity contribution in [1.82, 2.24) is 14.9 Å². The van der Waals surface area contributed by atoms with E-state index in [0.717, 1.165) is 49.4 Å². The average molecular weight is 416 g/mol. The summed E-state index contributed by atoms with van der Waals surface area (Å²) >= 11 is 6.36. The van der Waals surface area contributed by atoms with E-state index in [9.17, 15) is 14.7 Å². The van der Waals surface area contributed by atoms with Gasteiger partial charge in [-0.15, -0.1) is 0 Å². The summed E-state index contributed by atoms with van der Waals surface area (Å²) < 4.78 is 5.41. The highest BCUT2D eigenvalue weighted by molar-refractivity contribution is 6.32. The van der Waals surface area contributed by atoms with Crippen molar-refractivity contribution in [2.45, 2.75) is 38.8 Å². The lowest BCUT2D eigenvalue weighted by molar-refractivity contribution is -0.141. The number of ether oxygens (including phenoxy) is 1. The summed E-state index contributed by atoms with van der Waals surface area (Å²) in [6, 6.07) is 4.58. The Bertz CT molecular complexity index is 959. The Morgan fingerprint density at radius 3 is 2.86 bits per heavy atom. The molecule has 2 aliphatic heterocycles. The van der Waals surface area contributed by atoms with Crippen LogP contribution in [0.25, 0.3) is 11.3 Å². The predicted octanol–water partition coefficient (Wildman–Crippen LogP) is 3.20. The van der Waals surface area contributed by atoms with Gasteiger partial charge in [-0.1, -0.05) is 23.7 Å². The molecule has 0 spiro atoms. The molecule has 1 amide bonds. The molecule has 1 saturated heterocycles. The van der Waals surface area contributed by atoms with Crippen molar-refractivity contribution >= 4 is 23.5 Å². The summed E-state index contributed by atoms with van der Waals surface area (Å²) in [6.07, 6.45) is 4.35. The van der Waals surface area contributed by atoms with Gasteiger partial charge in [0.2, 0.25) is 0 Å². The fourth-order valence-electron chi connectivity index (χ4n) is 3.83. The minimum absolute atomic E-state index is 0.286. The van der Waals surface area contributed by atoms with Crippen LogP contribution >= 0.6 is 11.6 Å². The Morgan fingerprint density at radius 2 is 2.14 bits per heavy atom. The molecule has 0 unspecified atom stereocenters. The number of hydrogen-bond acceptors (Lipinski definition) is 5. The van der Waals surface area contributed by atoms with Crippen molar-refractivity contribution in [2.75, 3.05) is 13.2 Å². The van der Waals surface area contributed by atoms with Gasteiger partial charge < -0.3 is 14.7 Å². The number of amides is 1. The second-order valence-corrected chi connectivity index (χ2v) is 7.97. The predicted molar refractivity (Wildman–Crippen MR) is 107 cm³/mol. The molecule has 7 nitrogen and oxygen atoms in total. The van der Waals surface area contributed by atoms with Gasteiger partial charge in [-0.05, 0) is 37.3 Å². The van der Waals surface area contributed by atoms with E-state index in [1.807, 2.05) is 12.1 Å². The van der Waals surface area contributed by atoms with Crippen molar-refractivity contribution in [3.8, 4) is 11.3 Å². The molecule has 3 heterocycles. The first-order valence-corrected chi connectivity index (χ1v) is 10.1. The Labute approximate surface area is 173 Å². The minimum atomic E-state index is -1.03. The number of halogens is 1. The number of carbonyl (C=O) groups excluding carboxylic acids is 1. The fourth-order valence-corrected chi connectivity index (χ4v) is 4.03. The van der Waals surface area contributed by atoms with E-state index in [2.05, 4.69) is 9.97 Å². The Hall–Kier alpha value is -2.51. The van der Waals surface area contributed by atoms with Gasteiger partial charge in [-0.2, -0.15) is 0 Å². The van der Waals surface area contributed by atoms with E-state index < -0.39 is 12.0 Å². The highest BCUT2D eigenvalue weighted by Gasteiger charge is 2.34. The summed E-state index contributed by atoms with van der Waals surface area (Å²) in [5, 5.41) is 9.66. The Balaban J connectivity index is 1.61. The largest absolute Gasteiger partial charge is 0.480 e. The molecular formula is C21H22ClN3O4. The van der Waals surface area contributed by atoms with Crippen LogP contribution in [0.15, 0.2) is 24.4 Å². The van der Waals surface area contributed by atoms with Crippen LogP contribution in [0.3, 0.4) is 0 Å². The van der Waals surface area contributed by atoms with Gasteiger partial charge in [-0.3, -0.25) is 4.79 Å². The number of fused-ring (bicyclic) bond motifs is 1. The fraction of sp³-hybridized carbons (Fsp3) is 0.429. The van der Waals surface area contributed by atoms with Crippen molar-refractivity contribution in [2.24, 2.45) is 5.92 Å². The van der Waals surface area contributed by atoms with E-state index in [4.69, 9.17) is 16.3 Å². The lowest BCUT2D eigenvalue weighted by Gasteiger charge is -2.21. The van der Waals surface area contributed by atoms with Crippen LogP contribution < -0.4 is 0 Å².